The lowest BCUT2D eigenvalue weighted by Crippen LogP contribution is -2.17. The zero-order chi connectivity index (χ0) is 24.1. The van der Waals surface area contributed by atoms with Gasteiger partial charge in [0.1, 0.15) is 12.4 Å². The number of benzene rings is 1. The maximum Gasteiger partial charge on any atom is 0.192 e. The van der Waals surface area contributed by atoms with Crippen LogP contribution < -0.4 is 4.74 Å². The van der Waals surface area contributed by atoms with Gasteiger partial charge in [-0.15, -0.1) is 10.2 Å². The number of aryl methyl sites for hydroxylation is 1. The van der Waals surface area contributed by atoms with Crippen molar-refractivity contribution in [3.05, 3.63) is 58.7 Å². The fourth-order valence-corrected chi connectivity index (χ4v) is 4.68. The Labute approximate surface area is 199 Å². The second-order valence-corrected chi connectivity index (χ2v) is 9.95. The molecule has 3 aromatic rings. The van der Waals surface area contributed by atoms with Gasteiger partial charge < -0.3 is 14.3 Å². The second kappa shape index (κ2) is 10.8. The maximum absolute atomic E-state index is 13.2. The number of ketones is 2. The van der Waals surface area contributed by atoms with Crippen molar-refractivity contribution in [2.45, 2.75) is 71.5 Å². The molecule has 0 fully saturated rings. The van der Waals surface area contributed by atoms with Gasteiger partial charge in [-0.25, -0.2) is 0 Å². The summed E-state index contributed by atoms with van der Waals surface area (Å²) in [5, 5.41) is 9.03. The smallest absolute Gasteiger partial charge is 0.192 e. The van der Waals surface area contributed by atoms with E-state index in [0.29, 0.717) is 34.5 Å². The van der Waals surface area contributed by atoms with Gasteiger partial charge in [0.15, 0.2) is 22.5 Å². The zero-order valence-electron chi connectivity index (χ0n) is 20.1. The van der Waals surface area contributed by atoms with E-state index in [4.69, 9.17) is 4.74 Å². The highest BCUT2D eigenvalue weighted by atomic mass is 32.2. The van der Waals surface area contributed by atoms with E-state index in [1.54, 1.807) is 0 Å². The highest BCUT2D eigenvalue weighted by Crippen LogP contribution is 2.28. The molecule has 0 bridgehead atoms. The van der Waals surface area contributed by atoms with Crippen LogP contribution in [0.5, 0.6) is 5.75 Å². The van der Waals surface area contributed by atoms with Gasteiger partial charge in [0.2, 0.25) is 0 Å². The summed E-state index contributed by atoms with van der Waals surface area (Å²) in [5.74, 6) is 1.91. The Morgan fingerprint density at radius 1 is 1.12 bits per heavy atom. The van der Waals surface area contributed by atoms with Crippen LogP contribution in [-0.2, 0) is 13.2 Å². The van der Waals surface area contributed by atoms with E-state index in [1.807, 2.05) is 55.7 Å². The number of nitrogens with zero attached hydrogens (tertiary/aromatic N) is 3. The van der Waals surface area contributed by atoms with Crippen molar-refractivity contribution in [2.75, 3.05) is 0 Å². The minimum Gasteiger partial charge on any atom is -0.486 e. The third-order valence-corrected chi connectivity index (χ3v) is 6.60. The number of thioether (sulfide) groups is 1. The Morgan fingerprint density at radius 2 is 1.82 bits per heavy atom. The van der Waals surface area contributed by atoms with Crippen LogP contribution in [0.2, 0.25) is 0 Å². The monoisotopic (exact) mass is 468 g/mol. The number of aromatic amines is 1. The fraction of sp³-hybridized carbons (Fsp3) is 0.440. The first-order valence-corrected chi connectivity index (χ1v) is 12.1. The number of carbonyl (C=O) groups excluding carboxylic acids is 2. The van der Waals surface area contributed by atoms with E-state index in [9.17, 15) is 9.59 Å². The van der Waals surface area contributed by atoms with E-state index in [0.717, 1.165) is 30.2 Å². The third-order valence-electron chi connectivity index (χ3n) is 5.52. The van der Waals surface area contributed by atoms with Crippen molar-refractivity contribution in [3.63, 3.8) is 0 Å². The second-order valence-electron chi connectivity index (χ2n) is 8.64. The van der Waals surface area contributed by atoms with Crippen molar-refractivity contribution < 1.29 is 14.3 Å². The average Bonchev–Trinajstić information content (AvgIpc) is 3.29. The van der Waals surface area contributed by atoms with Crippen LogP contribution in [-0.4, -0.2) is 36.6 Å². The fourth-order valence-electron chi connectivity index (χ4n) is 3.73. The molecule has 0 saturated carbocycles. The topological polar surface area (TPSA) is 89.9 Å². The van der Waals surface area contributed by atoms with Crippen LogP contribution in [0.4, 0.5) is 0 Å². The summed E-state index contributed by atoms with van der Waals surface area (Å²) >= 11 is 1.38. The van der Waals surface area contributed by atoms with Crippen molar-refractivity contribution >= 4 is 23.3 Å². The van der Waals surface area contributed by atoms with E-state index in [2.05, 4.69) is 29.0 Å². The van der Waals surface area contributed by atoms with Crippen molar-refractivity contribution in [1.29, 1.82) is 0 Å². The van der Waals surface area contributed by atoms with Gasteiger partial charge >= 0.3 is 0 Å². The SMILES string of the molecule is CC(=O)c1c(C)[nH]c(C(=O)C(C)Sc2nnc(COc3ccccc3)n2CCC(C)C)c1C. The van der Waals surface area contributed by atoms with Crippen molar-refractivity contribution in [2.24, 2.45) is 5.92 Å². The minimum atomic E-state index is -0.397. The highest BCUT2D eigenvalue weighted by Gasteiger charge is 2.26. The summed E-state index contributed by atoms with van der Waals surface area (Å²) < 4.78 is 7.94. The molecular weight excluding hydrogens is 436 g/mol. The van der Waals surface area contributed by atoms with Crippen LogP contribution in [0.3, 0.4) is 0 Å². The average molecular weight is 469 g/mol. The van der Waals surface area contributed by atoms with Crippen LogP contribution in [0.25, 0.3) is 0 Å². The molecule has 0 amide bonds. The molecule has 0 saturated heterocycles. The van der Waals surface area contributed by atoms with E-state index >= 15 is 0 Å². The largest absolute Gasteiger partial charge is 0.486 e. The number of hydrogen-bond acceptors (Lipinski definition) is 6. The summed E-state index contributed by atoms with van der Waals surface area (Å²) in [6.07, 6.45) is 0.961. The molecule has 3 rings (SSSR count). The maximum atomic E-state index is 13.2. The summed E-state index contributed by atoms with van der Waals surface area (Å²) in [6, 6.07) is 9.60. The first kappa shape index (κ1) is 24.8. The molecule has 176 valence electrons. The number of nitrogens with one attached hydrogen (secondary N) is 1. The highest BCUT2D eigenvalue weighted by molar-refractivity contribution is 8.00. The first-order chi connectivity index (χ1) is 15.7. The molecule has 0 aliphatic carbocycles. The predicted molar refractivity (Wildman–Crippen MR) is 130 cm³/mol. The van der Waals surface area contributed by atoms with Gasteiger partial charge in [-0.2, -0.15) is 0 Å². The Bertz CT molecular complexity index is 1120. The van der Waals surface area contributed by atoms with Crippen molar-refractivity contribution in [1.82, 2.24) is 19.7 Å². The van der Waals surface area contributed by atoms with Crippen LogP contribution in [0.1, 0.15) is 72.0 Å². The number of aromatic nitrogens is 4. The Morgan fingerprint density at radius 3 is 2.42 bits per heavy atom. The molecule has 33 heavy (non-hydrogen) atoms. The predicted octanol–water partition coefficient (Wildman–Crippen LogP) is 5.41. The summed E-state index contributed by atoms with van der Waals surface area (Å²) in [5.41, 5.74) is 2.51. The van der Waals surface area contributed by atoms with Gasteiger partial charge in [-0.1, -0.05) is 43.8 Å². The minimum absolute atomic E-state index is 0.0444. The number of Topliss-reactive ketones (excluding diaryl/α,β-unsaturated/α-hetero) is 2. The van der Waals surface area contributed by atoms with E-state index < -0.39 is 5.25 Å². The third kappa shape index (κ3) is 5.93. The summed E-state index contributed by atoms with van der Waals surface area (Å²) in [4.78, 5) is 28.3. The number of H-pyrrole nitrogens is 1. The van der Waals surface area contributed by atoms with Crippen LogP contribution >= 0.6 is 11.8 Å². The Balaban J connectivity index is 1.80. The zero-order valence-corrected chi connectivity index (χ0v) is 21.0. The quantitative estimate of drug-likeness (QED) is 0.299. The van der Waals surface area contributed by atoms with Crippen LogP contribution in [0.15, 0.2) is 35.5 Å². The lowest BCUT2D eigenvalue weighted by atomic mass is 10.0. The lowest BCUT2D eigenvalue weighted by molar-refractivity contribution is 0.0988. The molecule has 0 radical (unpaired) electrons. The molecular formula is C25H32N4O3S. The first-order valence-electron chi connectivity index (χ1n) is 11.2. The Hall–Kier alpha value is -2.87. The molecule has 1 atom stereocenters. The normalized spacial score (nSPS) is 12.2. The summed E-state index contributed by atoms with van der Waals surface area (Å²) in [6.45, 7) is 12.4. The van der Waals surface area contributed by atoms with Crippen molar-refractivity contribution in [3.8, 4) is 5.75 Å². The molecule has 8 heteroatoms. The standard InChI is InChI=1S/C25H32N4O3S/c1-15(2)12-13-29-21(14-32-20-10-8-7-9-11-20)27-28-25(29)33-19(6)24(31)23-16(3)22(18(5)30)17(4)26-23/h7-11,15,19,26H,12-14H2,1-6H3. The Kier molecular flexibility index (Phi) is 8.13. The van der Waals surface area contributed by atoms with E-state index in [1.165, 1.54) is 18.7 Å². The number of rotatable bonds is 11. The molecule has 0 aliphatic heterocycles. The molecule has 1 aromatic carbocycles. The number of para-hydroxylation sites is 1. The summed E-state index contributed by atoms with van der Waals surface area (Å²) in [7, 11) is 0. The van der Waals surface area contributed by atoms with Gasteiger partial charge in [-0.05, 0) is 57.7 Å². The van der Waals surface area contributed by atoms with Gasteiger partial charge in [0, 0.05) is 17.8 Å². The number of ether oxygens (including phenoxy) is 1. The lowest BCUT2D eigenvalue weighted by Gasteiger charge is -2.14. The molecule has 2 aromatic heterocycles. The number of hydrogen-bond donors (Lipinski definition) is 1. The molecule has 7 nitrogen and oxygen atoms in total. The van der Waals surface area contributed by atoms with Gasteiger partial charge in [0.05, 0.1) is 10.9 Å². The molecule has 1 unspecified atom stereocenters. The van der Waals surface area contributed by atoms with Crippen LogP contribution in [0, 0.1) is 19.8 Å². The number of carbonyl (C=O) groups is 2. The molecule has 2 heterocycles. The molecule has 1 N–H and O–H groups in total. The van der Waals surface area contributed by atoms with Gasteiger partial charge in [-0.3, -0.25) is 9.59 Å². The molecule has 0 spiro atoms. The van der Waals surface area contributed by atoms with E-state index in [-0.39, 0.29) is 11.6 Å². The van der Waals surface area contributed by atoms with Gasteiger partial charge in [0.25, 0.3) is 0 Å². The molecule has 0 aliphatic rings.